The molecule has 0 aromatic heterocycles. The highest BCUT2D eigenvalue weighted by molar-refractivity contribution is 6.31. The Morgan fingerprint density at radius 2 is 2.11 bits per heavy atom. The van der Waals surface area contributed by atoms with Gasteiger partial charge in [0.05, 0.1) is 0 Å². The standard InChI is InChI=1S/C16H24ClN/c1-4-11-18-15(10-9-13(2)3)12-14-7-5-6-8-16(14)17/h5-8,15,18H,2,4,9-12H2,1,3H3. The van der Waals surface area contributed by atoms with Gasteiger partial charge in [0.15, 0.2) is 0 Å². The average Bonchev–Trinajstić information content (AvgIpc) is 2.35. The zero-order chi connectivity index (χ0) is 13.4. The number of rotatable bonds is 8. The lowest BCUT2D eigenvalue weighted by Gasteiger charge is -2.19. The highest BCUT2D eigenvalue weighted by Crippen LogP contribution is 2.18. The number of allylic oxidation sites excluding steroid dienone is 1. The Morgan fingerprint density at radius 1 is 1.39 bits per heavy atom. The van der Waals surface area contributed by atoms with Crippen LogP contribution in [-0.2, 0) is 6.42 Å². The van der Waals surface area contributed by atoms with Crippen LogP contribution in [0.2, 0.25) is 5.02 Å². The van der Waals surface area contributed by atoms with Crippen molar-refractivity contribution in [1.29, 1.82) is 0 Å². The summed E-state index contributed by atoms with van der Waals surface area (Å²) < 4.78 is 0. The van der Waals surface area contributed by atoms with Crippen LogP contribution >= 0.6 is 11.6 Å². The first-order valence-electron chi connectivity index (χ1n) is 6.74. The molecule has 1 nitrogen and oxygen atoms in total. The Labute approximate surface area is 116 Å². The lowest BCUT2D eigenvalue weighted by atomic mass is 10.00. The second kappa shape index (κ2) is 8.34. The number of nitrogens with one attached hydrogen (secondary N) is 1. The lowest BCUT2D eigenvalue weighted by Crippen LogP contribution is -2.31. The van der Waals surface area contributed by atoms with Crippen molar-refractivity contribution < 1.29 is 0 Å². The predicted octanol–water partition coefficient (Wildman–Crippen LogP) is 4.61. The van der Waals surface area contributed by atoms with Crippen LogP contribution in [0.15, 0.2) is 36.4 Å². The molecule has 0 saturated heterocycles. The highest BCUT2D eigenvalue weighted by atomic mass is 35.5. The first-order valence-corrected chi connectivity index (χ1v) is 7.12. The van der Waals surface area contributed by atoms with Gasteiger partial charge in [0.2, 0.25) is 0 Å². The molecule has 1 rings (SSSR count). The molecule has 0 heterocycles. The molecule has 18 heavy (non-hydrogen) atoms. The summed E-state index contributed by atoms with van der Waals surface area (Å²) in [6, 6.07) is 8.60. The summed E-state index contributed by atoms with van der Waals surface area (Å²) in [7, 11) is 0. The molecule has 1 atom stereocenters. The molecule has 0 aliphatic carbocycles. The van der Waals surface area contributed by atoms with Crippen molar-refractivity contribution in [2.45, 2.75) is 45.6 Å². The van der Waals surface area contributed by atoms with Crippen molar-refractivity contribution >= 4 is 11.6 Å². The lowest BCUT2D eigenvalue weighted by molar-refractivity contribution is 0.477. The predicted molar refractivity (Wildman–Crippen MR) is 81.3 cm³/mol. The van der Waals surface area contributed by atoms with Crippen LogP contribution in [0.25, 0.3) is 0 Å². The summed E-state index contributed by atoms with van der Waals surface area (Å²) in [5.74, 6) is 0. The average molecular weight is 266 g/mol. The van der Waals surface area contributed by atoms with Crippen LogP contribution in [0.5, 0.6) is 0 Å². The maximum atomic E-state index is 6.22. The SMILES string of the molecule is C=C(C)CCC(Cc1ccccc1Cl)NCCC. The summed E-state index contributed by atoms with van der Waals surface area (Å²) >= 11 is 6.22. The van der Waals surface area contributed by atoms with Gasteiger partial charge in [0, 0.05) is 11.1 Å². The van der Waals surface area contributed by atoms with Gasteiger partial charge in [-0.05, 0) is 50.8 Å². The maximum Gasteiger partial charge on any atom is 0.0438 e. The van der Waals surface area contributed by atoms with Gasteiger partial charge in [-0.1, -0.05) is 42.3 Å². The third-order valence-electron chi connectivity index (χ3n) is 3.03. The van der Waals surface area contributed by atoms with E-state index in [2.05, 4.69) is 37.9 Å². The summed E-state index contributed by atoms with van der Waals surface area (Å²) in [6.45, 7) is 9.32. The van der Waals surface area contributed by atoms with E-state index >= 15 is 0 Å². The molecule has 0 amide bonds. The summed E-state index contributed by atoms with van der Waals surface area (Å²) in [6.07, 6.45) is 4.35. The maximum absolute atomic E-state index is 6.22. The molecule has 1 N–H and O–H groups in total. The van der Waals surface area contributed by atoms with Gasteiger partial charge in [0.25, 0.3) is 0 Å². The quantitative estimate of drug-likeness (QED) is 0.677. The molecule has 0 radical (unpaired) electrons. The van der Waals surface area contributed by atoms with Crippen molar-refractivity contribution in [3.63, 3.8) is 0 Å². The molecule has 0 fully saturated rings. The first kappa shape index (κ1) is 15.3. The fourth-order valence-electron chi connectivity index (χ4n) is 1.97. The minimum atomic E-state index is 0.488. The molecule has 0 aliphatic rings. The molecule has 0 bridgehead atoms. The molecule has 1 aromatic carbocycles. The summed E-state index contributed by atoms with van der Waals surface area (Å²) in [4.78, 5) is 0. The summed E-state index contributed by atoms with van der Waals surface area (Å²) in [5.41, 5.74) is 2.48. The van der Waals surface area contributed by atoms with Crippen LogP contribution in [0.1, 0.15) is 38.7 Å². The molecule has 0 aliphatic heterocycles. The van der Waals surface area contributed by atoms with E-state index in [4.69, 9.17) is 11.6 Å². The van der Waals surface area contributed by atoms with Gasteiger partial charge in [-0.25, -0.2) is 0 Å². The first-order chi connectivity index (χ1) is 8.63. The molecule has 0 saturated carbocycles. The van der Waals surface area contributed by atoms with Crippen LogP contribution in [-0.4, -0.2) is 12.6 Å². The van der Waals surface area contributed by atoms with Crippen molar-refractivity contribution in [2.24, 2.45) is 0 Å². The number of benzene rings is 1. The third kappa shape index (κ3) is 5.70. The van der Waals surface area contributed by atoms with E-state index in [0.29, 0.717) is 6.04 Å². The molecule has 1 aromatic rings. The van der Waals surface area contributed by atoms with E-state index in [-0.39, 0.29) is 0 Å². The Morgan fingerprint density at radius 3 is 2.72 bits per heavy atom. The molecule has 0 spiro atoms. The van der Waals surface area contributed by atoms with E-state index < -0.39 is 0 Å². The second-order valence-electron chi connectivity index (χ2n) is 4.94. The fraction of sp³-hybridized carbons (Fsp3) is 0.500. The van der Waals surface area contributed by atoms with Gasteiger partial charge in [-0.15, -0.1) is 6.58 Å². The van der Waals surface area contributed by atoms with Gasteiger partial charge >= 0.3 is 0 Å². The number of hydrogen-bond acceptors (Lipinski definition) is 1. The largest absolute Gasteiger partial charge is 0.314 e. The normalized spacial score (nSPS) is 12.4. The Balaban J connectivity index is 2.59. The topological polar surface area (TPSA) is 12.0 Å². The van der Waals surface area contributed by atoms with Crippen LogP contribution in [0, 0.1) is 0 Å². The van der Waals surface area contributed by atoms with E-state index in [9.17, 15) is 0 Å². The minimum Gasteiger partial charge on any atom is -0.314 e. The number of hydrogen-bond donors (Lipinski definition) is 1. The van der Waals surface area contributed by atoms with Crippen molar-refractivity contribution in [3.8, 4) is 0 Å². The van der Waals surface area contributed by atoms with Crippen molar-refractivity contribution in [2.75, 3.05) is 6.54 Å². The molecular weight excluding hydrogens is 242 g/mol. The fourth-order valence-corrected chi connectivity index (χ4v) is 2.19. The third-order valence-corrected chi connectivity index (χ3v) is 3.40. The smallest absolute Gasteiger partial charge is 0.0438 e. The molecule has 1 unspecified atom stereocenters. The zero-order valence-electron chi connectivity index (χ0n) is 11.5. The van der Waals surface area contributed by atoms with Crippen LogP contribution in [0.4, 0.5) is 0 Å². The van der Waals surface area contributed by atoms with Gasteiger partial charge < -0.3 is 5.32 Å². The second-order valence-corrected chi connectivity index (χ2v) is 5.35. The van der Waals surface area contributed by atoms with E-state index in [1.54, 1.807) is 0 Å². The molecule has 2 heteroatoms. The van der Waals surface area contributed by atoms with Crippen molar-refractivity contribution in [1.82, 2.24) is 5.32 Å². The van der Waals surface area contributed by atoms with Gasteiger partial charge in [-0.3, -0.25) is 0 Å². The zero-order valence-corrected chi connectivity index (χ0v) is 12.3. The molecular formula is C16H24ClN. The minimum absolute atomic E-state index is 0.488. The van der Waals surface area contributed by atoms with E-state index in [1.165, 1.54) is 11.1 Å². The molecule has 100 valence electrons. The highest BCUT2D eigenvalue weighted by Gasteiger charge is 2.10. The van der Waals surface area contributed by atoms with E-state index in [1.807, 2.05) is 12.1 Å². The van der Waals surface area contributed by atoms with Crippen LogP contribution in [0.3, 0.4) is 0 Å². The van der Waals surface area contributed by atoms with Gasteiger partial charge in [-0.2, -0.15) is 0 Å². The van der Waals surface area contributed by atoms with Crippen LogP contribution < -0.4 is 5.32 Å². The Hall–Kier alpha value is -0.790. The Kier molecular flexibility index (Phi) is 7.07. The monoisotopic (exact) mass is 265 g/mol. The van der Waals surface area contributed by atoms with Crippen molar-refractivity contribution in [3.05, 3.63) is 47.0 Å². The number of halogens is 1. The summed E-state index contributed by atoms with van der Waals surface area (Å²) in [5, 5.41) is 4.47. The van der Waals surface area contributed by atoms with E-state index in [0.717, 1.165) is 37.3 Å². The Bertz CT molecular complexity index is 373. The van der Waals surface area contributed by atoms with Gasteiger partial charge in [0.1, 0.15) is 0 Å².